The number of ether oxygens (including phenoxy) is 1. The molecule has 2 rings (SSSR count). The van der Waals surface area contributed by atoms with Crippen molar-refractivity contribution in [2.45, 2.75) is 0 Å². The molecule has 0 aliphatic heterocycles. The Morgan fingerprint density at radius 3 is 2.48 bits per heavy atom. The van der Waals surface area contributed by atoms with Gasteiger partial charge in [-0.3, -0.25) is 14.9 Å². The number of benzene rings is 2. The molecule has 0 aliphatic carbocycles. The molecule has 2 aromatic rings. The quantitative estimate of drug-likeness (QED) is 0.366. The largest absolute Gasteiger partial charge is 0.865 e. The van der Waals surface area contributed by atoms with Gasteiger partial charge in [0.15, 0.2) is 5.78 Å². The standard InChI is InChI=1S/C16H12FNO5/c1-23-15-9-10(8-13(16(15)20)18(21)22)2-7-14(19)11-3-5-12(17)6-4-11/h2-9,20H,1H3/p-1/b7-2+. The predicted octanol–water partition coefficient (Wildman–Crippen LogP) is 2.71. The van der Waals surface area contributed by atoms with Crippen molar-refractivity contribution in [3.05, 3.63) is 69.5 Å². The third-order valence-electron chi connectivity index (χ3n) is 3.03. The van der Waals surface area contributed by atoms with Gasteiger partial charge in [-0.05, 0) is 42.0 Å². The Hall–Kier alpha value is -3.22. The molecule has 0 saturated heterocycles. The zero-order valence-electron chi connectivity index (χ0n) is 12.0. The first-order chi connectivity index (χ1) is 10.9. The van der Waals surface area contributed by atoms with Gasteiger partial charge in [-0.1, -0.05) is 6.08 Å². The number of halogens is 1. The molecule has 0 aliphatic rings. The zero-order valence-corrected chi connectivity index (χ0v) is 12.0. The molecule has 118 valence electrons. The number of nitrogens with zero attached hydrogens (tertiary/aromatic N) is 1. The molecule has 0 atom stereocenters. The molecule has 0 unspecified atom stereocenters. The normalized spacial score (nSPS) is 10.7. The molecule has 0 saturated carbocycles. The van der Waals surface area contributed by atoms with Crippen molar-refractivity contribution < 1.29 is 24.0 Å². The van der Waals surface area contributed by atoms with Crippen molar-refractivity contribution in [2.24, 2.45) is 0 Å². The summed E-state index contributed by atoms with van der Waals surface area (Å²) in [5.74, 6) is -1.89. The first-order valence-electron chi connectivity index (χ1n) is 6.44. The van der Waals surface area contributed by atoms with Gasteiger partial charge >= 0.3 is 0 Å². The number of hydrogen-bond donors (Lipinski definition) is 0. The Balaban J connectivity index is 2.32. The van der Waals surface area contributed by atoms with Crippen LogP contribution in [-0.2, 0) is 0 Å². The van der Waals surface area contributed by atoms with E-state index >= 15 is 0 Å². The maximum atomic E-state index is 12.8. The molecule has 0 fully saturated rings. The Morgan fingerprint density at radius 2 is 1.91 bits per heavy atom. The van der Waals surface area contributed by atoms with E-state index in [2.05, 4.69) is 0 Å². The van der Waals surface area contributed by atoms with E-state index in [1.54, 1.807) is 0 Å². The van der Waals surface area contributed by atoms with Gasteiger partial charge < -0.3 is 9.84 Å². The molecular formula is C16H11FNO5-. The van der Waals surface area contributed by atoms with Gasteiger partial charge in [0, 0.05) is 17.4 Å². The lowest BCUT2D eigenvalue weighted by Crippen LogP contribution is -2.01. The lowest BCUT2D eigenvalue weighted by Gasteiger charge is -2.13. The van der Waals surface area contributed by atoms with Crippen LogP contribution in [0.5, 0.6) is 11.5 Å². The minimum absolute atomic E-state index is 0.187. The number of carbonyl (C=O) groups is 1. The topological polar surface area (TPSA) is 92.5 Å². The number of rotatable bonds is 5. The minimum Gasteiger partial charge on any atom is -0.865 e. The molecule has 0 aromatic heterocycles. The highest BCUT2D eigenvalue weighted by atomic mass is 19.1. The van der Waals surface area contributed by atoms with Crippen LogP contribution < -0.4 is 9.84 Å². The Labute approximate surface area is 130 Å². The van der Waals surface area contributed by atoms with Crippen LogP contribution in [0.25, 0.3) is 6.08 Å². The third-order valence-corrected chi connectivity index (χ3v) is 3.03. The van der Waals surface area contributed by atoms with E-state index in [0.717, 1.165) is 18.2 Å². The van der Waals surface area contributed by atoms with Gasteiger partial charge in [0.05, 0.1) is 12.0 Å². The highest BCUT2D eigenvalue weighted by Gasteiger charge is 2.12. The number of nitro groups is 1. The second-order valence-electron chi connectivity index (χ2n) is 4.53. The van der Waals surface area contributed by atoms with E-state index in [0.29, 0.717) is 0 Å². The van der Waals surface area contributed by atoms with Crippen LogP contribution in [0.2, 0.25) is 0 Å². The smallest absolute Gasteiger partial charge is 0.266 e. The van der Waals surface area contributed by atoms with E-state index in [9.17, 15) is 24.4 Å². The SMILES string of the molecule is COc1cc(/C=C/C(=O)c2ccc(F)cc2)cc([N+](=O)[O-])c1[O-]. The van der Waals surface area contributed by atoms with Crippen LogP contribution in [0.4, 0.5) is 10.1 Å². The second-order valence-corrected chi connectivity index (χ2v) is 4.53. The predicted molar refractivity (Wildman–Crippen MR) is 78.9 cm³/mol. The summed E-state index contributed by atoms with van der Waals surface area (Å²) in [6.07, 6.45) is 2.50. The number of ketones is 1. The molecule has 23 heavy (non-hydrogen) atoms. The summed E-state index contributed by atoms with van der Waals surface area (Å²) in [7, 11) is 1.22. The van der Waals surface area contributed by atoms with Crippen LogP contribution in [0.1, 0.15) is 15.9 Å². The van der Waals surface area contributed by atoms with Gasteiger partial charge in [-0.2, -0.15) is 0 Å². The number of methoxy groups -OCH3 is 1. The Kier molecular flexibility index (Phi) is 4.70. The third kappa shape index (κ3) is 3.70. The van der Waals surface area contributed by atoms with Crippen molar-refractivity contribution >= 4 is 17.5 Å². The molecule has 6 nitrogen and oxygen atoms in total. The van der Waals surface area contributed by atoms with Crippen LogP contribution in [0.3, 0.4) is 0 Å². The summed E-state index contributed by atoms with van der Waals surface area (Å²) in [5.41, 5.74) is -0.105. The maximum Gasteiger partial charge on any atom is 0.266 e. The molecule has 0 heterocycles. The van der Waals surface area contributed by atoms with E-state index in [-0.39, 0.29) is 16.9 Å². The molecule has 7 heteroatoms. The molecule has 2 aromatic carbocycles. The van der Waals surface area contributed by atoms with Gasteiger partial charge in [0.2, 0.25) is 0 Å². The highest BCUT2D eigenvalue weighted by molar-refractivity contribution is 6.06. The van der Waals surface area contributed by atoms with Crippen molar-refractivity contribution in [3.8, 4) is 11.5 Å². The van der Waals surface area contributed by atoms with Gasteiger partial charge in [0.25, 0.3) is 5.69 Å². The number of hydrogen-bond acceptors (Lipinski definition) is 5. The van der Waals surface area contributed by atoms with Crippen molar-refractivity contribution in [1.82, 2.24) is 0 Å². The molecule has 0 bridgehead atoms. The zero-order chi connectivity index (χ0) is 17.0. The number of nitro benzene ring substituents is 1. The van der Waals surface area contributed by atoms with Gasteiger partial charge in [-0.15, -0.1) is 0 Å². The summed E-state index contributed by atoms with van der Waals surface area (Å²) >= 11 is 0. The Bertz CT molecular complexity index is 784. The summed E-state index contributed by atoms with van der Waals surface area (Å²) in [6.45, 7) is 0. The molecule has 0 N–H and O–H groups in total. The number of allylic oxidation sites excluding steroid dienone is 1. The highest BCUT2D eigenvalue weighted by Crippen LogP contribution is 2.34. The summed E-state index contributed by atoms with van der Waals surface area (Å²) < 4.78 is 17.6. The average molecular weight is 316 g/mol. The van der Waals surface area contributed by atoms with E-state index < -0.39 is 28.0 Å². The fraction of sp³-hybridized carbons (Fsp3) is 0.0625. The van der Waals surface area contributed by atoms with Crippen molar-refractivity contribution in [2.75, 3.05) is 7.11 Å². The molecule has 0 amide bonds. The van der Waals surface area contributed by atoms with Crippen LogP contribution in [-0.4, -0.2) is 17.8 Å². The lowest BCUT2D eigenvalue weighted by molar-refractivity contribution is -0.398. The summed E-state index contributed by atoms with van der Waals surface area (Å²) in [5, 5.41) is 22.5. The first kappa shape index (κ1) is 16.2. The maximum absolute atomic E-state index is 12.8. The fourth-order valence-corrected chi connectivity index (χ4v) is 1.87. The second kappa shape index (κ2) is 6.69. The van der Waals surface area contributed by atoms with E-state index in [1.807, 2.05) is 0 Å². The monoisotopic (exact) mass is 316 g/mol. The van der Waals surface area contributed by atoms with E-state index in [4.69, 9.17) is 4.74 Å². The van der Waals surface area contributed by atoms with Gasteiger partial charge in [-0.25, -0.2) is 4.39 Å². The fourth-order valence-electron chi connectivity index (χ4n) is 1.87. The average Bonchev–Trinajstić information content (AvgIpc) is 2.53. The lowest BCUT2D eigenvalue weighted by atomic mass is 10.1. The minimum atomic E-state index is -0.834. The molecule has 0 radical (unpaired) electrons. The number of carbonyl (C=O) groups excluding carboxylic acids is 1. The molecular weight excluding hydrogens is 305 g/mol. The summed E-state index contributed by atoms with van der Waals surface area (Å²) in [4.78, 5) is 22.0. The van der Waals surface area contributed by atoms with Crippen LogP contribution in [0.15, 0.2) is 42.5 Å². The van der Waals surface area contributed by atoms with Gasteiger partial charge in [0.1, 0.15) is 11.6 Å². The van der Waals surface area contributed by atoms with Crippen molar-refractivity contribution in [1.29, 1.82) is 0 Å². The van der Waals surface area contributed by atoms with Crippen LogP contribution >= 0.6 is 0 Å². The Morgan fingerprint density at radius 1 is 1.26 bits per heavy atom. The van der Waals surface area contributed by atoms with E-state index in [1.165, 1.54) is 37.5 Å². The van der Waals surface area contributed by atoms with Crippen LogP contribution in [0, 0.1) is 15.9 Å². The molecule has 0 spiro atoms. The summed E-state index contributed by atoms with van der Waals surface area (Å²) in [6, 6.07) is 7.31. The first-order valence-corrected chi connectivity index (χ1v) is 6.44. The van der Waals surface area contributed by atoms with Crippen molar-refractivity contribution in [3.63, 3.8) is 0 Å².